The number of nitrogen functional groups attached to an aromatic ring is 1. The molecule has 2 rings (SSSR count). The van der Waals surface area contributed by atoms with Gasteiger partial charge in [-0.05, 0) is 19.1 Å². The predicted molar refractivity (Wildman–Crippen MR) is 80.7 cm³/mol. The number of hydrogen-bond donors (Lipinski definition) is 1. The van der Waals surface area contributed by atoms with Gasteiger partial charge in [0, 0.05) is 12.6 Å². The van der Waals surface area contributed by atoms with E-state index in [2.05, 4.69) is 4.98 Å². The fourth-order valence-corrected chi connectivity index (χ4v) is 2.33. The molecule has 0 atom stereocenters. The molecule has 2 N–H and O–H groups in total. The molecule has 1 aromatic carbocycles. The number of halogens is 6. The van der Waals surface area contributed by atoms with Crippen LogP contribution in [0.25, 0.3) is 11.4 Å². The second kappa shape index (κ2) is 6.55. The van der Waals surface area contributed by atoms with Crippen LogP contribution in [0.1, 0.15) is 18.2 Å². The molecule has 2 aromatic rings. The Morgan fingerprint density at radius 2 is 1.78 bits per heavy atom. The minimum atomic E-state index is -5.15. The summed E-state index contributed by atoms with van der Waals surface area (Å²) in [5, 5.41) is 11.2. The van der Waals surface area contributed by atoms with Crippen molar-refractivity contribution in [2.45, 2.75) is 25.8 Å². The zero-order valence-corrected chi connectivity index (χ0v) is 13.4. The Balaban J connectivity index is 2.91. The molecule has 0 amide bonds. The first-order valence-electron chi connectivity index (χ1n) is 7.12. The van der Waals surface area contributed by atoms with Crippen LogP contribution in [0.5, 0.6) is 0 Å². The highest BCUT2D eigenvalue weighted by Crippen LogP contribution is 2.38. The quantitative estimate of drug-likeness (QED) is 0.486. The second-order valence-corrected chi connectivity index (χ2v) is 5.23. The smallest absolute Gasteiger partial charge is 0.392 e. The van der Waals surface area contributed by atoms with Crippen molar-refractivity contribution in [2.75, 3.05) is 5.73 Å². The highest BCUT2D eigenvalue weighted by Gasteiger charge is 2.39. The second-order valence-electron chi connectivity index (χ2n) is 5.23. The molecular formula is C14H10F6N4O3. The number of anilines is 1. The van der Waals surface area contributed by atoms with Crippen LogP contribution in [0.4, 0.5) is 37.7 Å². The van der Waals surface area contributed by atoms with Crippen LogP contribution in [0.2, 0.25) is 0 Å². The van der Waals surface area contributed by atoms with Gasteiger partial charge in [0.1, 0.15) is 5.69 Å². The molecule has 0 unspecified atom stereocenters. The number of nitro benzene ring substituents is 1. The number of hydrogen-bond acceptors (Lipinski definition) is 5. The molecule has 27 heavy (non-hydrogen) atoms. The summed E-state index contributed by atoms with van der Waals surface area (Å²) in [6.07, 6.45) is -10.1. The molecule has 7 nitrogen and oxygen atoms in total. The summed E-state index contributed by atoms with van der Waals surface area (Å²) < 4.78 is 78.2. The zero-order chi connectivity index (χ0) is 20.7. The number of rotatable bonds is 3. The van der Waals surface area contributed by atoms with Crippen LogP contribution in [-0.4, -0.2) is 14.5 Å². The first kappa shape index (κ1) is 20.2. The van der Waals surface area contributed by atoms with Crippen molar-refractivity contribution >= 4 is 11.4 Å². The molecule has 0 fully saturated rings. The maximum absolute atomic E-state index is 13.1. The summed E-state index contributed by atoms with van der Waals surface area (Å²) in [6, 6.07) is 1.19. The summed E-state index contributed by atoms with van der Waals surface area (Å²) >= 11 is 0. The van der Waals surface area contributed by atoms with Gasteiger partial charge >= 0.3 is 12.4 Å². The van der Waals surface area contributed by atoms with Crippen molar-refractivity contribution in [2.24, 2.45) is 0 Å². The summed E-state index contributed by atoms with van der Waals surface area (Å²) in [5.41, 5.74) is -2.36. The van der Waals surface area contributed by atoms with Crippen molar-refractivity contribution in [3.05, 3.63) is 49.9 Å². The molecule has 0 spiro atoms. The van der Waals surface area contributed by atoms with E-state index in [0.29, 0.717) is 16.7 Å². The van der Waals surface area contributed by atoms with Crippen molar-refractivity contribution in [1.82, 2.24) is 9.55 Å². The molecule has 0 radical (unpaired) electrons. The minimum absolute atomic E-state index is 0.158. The number of aromatic nitrogens is 2. The van der Waals surface area contributed by atoms with E-state index in [1.54, 1.807) is 0 Å². The Labute approximate surface area is 146 Å². The third-order valence-corrected chi connectivity index (χ3v) is 3.55. The molecule has 0 aliphatic carbocycles. The van der Waals surface area contributed by atoms with Crippen LogP contribution >= 0.6 is 0 Å². The van der Waals surface area contributed by atoms with Crippen LogP contribution in [0.15, 0.2) is 23.0 Å². The van der Waals surface area contributed by atoms with Gasteiger partial charge in [-0.25, -0.2) is 4.98 Å². The Morgan fingerprint density at radius 3 is 2.22 bits per heavy atom. The summed E-state index contributed by atoms with van der Waals surface area (Å²) in [6.45, 7) is 1.05. The van der Waals surface area contributed by atoms with E-state index in [1.807, 2.05) is 0 Å². The molecule has 1 aromatic heterocycles. The van der Waals surface area contributed by atoms with Gasteiger partial charge in [0.15, 0.2) is 11.5 Å². The van der Waals surface area contributed by atoms with Gasteiger partial charge in [0.2, 0.25) is 0 Å². The summed E-state index contributed by atoms with van der Waals surface area (Å²) in [4.78, 5) is 25.3. The number of nitrogens with two attached hydrogens (primary N) is 1. The Bertz CT molecular complexity index is 965. The lowest BCUT2D eigenvalue weighted by molar-refractivity contribution is -0.384. The molecule has 0 saturated carbocycles. The third kappa shape index (κ3) is 3.71. The van der Waals surface area contributed by atoms with E-state index >= 15 is 0 Å². The van der Waals surface area contributed by atoms with Crippen LogP contribution in [0, 0.1) is 10.1 Å². The monoisotopic (exact) mass is 396 g/mol. The van der Waals surface area contributed by atoms with Crippen LogP contribution < -0.4 is 11.3 Å². The molecular weight excluding hydrogens is 386 g/mol. The van der Waals surface area contributed by atoms with Gasteiger partial charge < -0.3 is 5.73 Å². The molecule has 0 saturated heterocycles. The highest BCUT2D eigenvalue weighted by atomic mass is 19.4. The predicted octanol–water partition coefficient (Wildman–Crippen LogP) is 3.46. The Morgan fingerprint density at radius 1 is 1.19 bits per heavy atom. The van der Waals surface area contributed by atoms with Gasteiger partial charge in [-0.3, -0.25) is 19.5 Å². The fraction of sp³-hybridized carbons (Fsp3) is 0.286. The number of benzene rings is 1. The molecule has 0 bridgehead atoms. The average molecular weight is 396 g/mol. The normalized spacial score (nSPS) is 12.3. The van der Waals surface area contributed by atoms with E-state index in [0.717, 1.165) is 0 Å². The number of nitrogens with zero attached hydrogens (tertiary/aromatic N) is 3. The molecule has 1 heterocycles. The number of nitro groups is 1. The van der Waals surface area contributed by atoms with Gasteiger partial charge in [-0.15, -0.1) is 0 Å². The van der Waals surface area contributed by atoms with Gasteiger partial charge in [0.05, 0.1) is 16.1 Å². The average Bonchev–Trinajstić information content (AvgIpc) is 2.54. The van der Waals surface area contributed by atoms with Gasteiger partial charge in [-0.2, -0.15) is 26.3 Å². The first-order chi connectivity index (χ1) is 12.3. The summed E-state index contributed by atoms with van der Waals surface area (Å²) in [7, 11) is 0. The van der Waals surface area contributed by atoms with E-state index in [9.17, 15) is 41.3 Å². The Kier molecular flexibility index (Phi) is 4.90. The fourth-order valence-electron chi connectivity index (χ4n) is 2.33. The van der Waals surface area contributed by atoms with E-state index in [-0.39, 0.29) is 12.6 Å². The maximum atomic E-state index is 13.1. The molecule has 0 aliphatic rings. The molecule has 0 aliphatic heterocycles. The van der Waals surface area contributed by atoms with Crippen LogP contribution in [-0.2, 0) is 18.9 Å². The van der Waals surface area contributed by atoms with E-state index in [4.69, 9.17) is 5.73 Å². The van der Waals surface area contributed by atoms with E-state index in [1.165, 1.54) is 6.92 Å². The minimum Gasteiger partial charge on any atom is -0.392 e. The zero-order valence-electron chi connectivity index (χ0n) is 13.4. The lowest BCUT2D eigenvalue weighted by Gasteiger charge is -2.16. The van der Waals surface area contributed by atoms with Gasteiger partial charge in [-0.1, -0.05) is 0 Å². The molecule has 13 heteroatoms. The lowest BCUT2D eigenvalue weighted by atomic mass is 10.1. The topological polar surface area (TPSA) is 104 Å². The SMILES string of the molecule is CCn1c(-c2ccc(C(F)(F)F)cc2[N+](=O)[O-])nc(C(F)(F)F)c(N)c1=O. The Hall–Kier alpha value is -3.12. The molecule has 146 valence electrons. The van der Waals surface area contributed by atoms with Crippen molar-refractivity contribution < 1.29 is 31.3 Å². The van der Waals surface area contributed by atoms with Crippen molar-refractivity contribution in [3.8, 4) is 11.4 Å². The number of alkyl halides is 6. The first-order valence-corrected chi connectivity index (χ1v) is 7.12. The lowest BCUT2D eigenvalue weighted by Crippen LogP contribution is -2.30. The van der Waals surface area contributed by atoms with E-state index < -0.39 is 56.9 Å². The van der Waals surface area contributed by atoms with Gasteiger partial charge in [0.25, 0.3) is 11.2 Å². The summed E-state index contributed by atoms with van der Waals surface area (Å²) in [5.74, 6) is -0.815. The van der Waals surface area contributed by atoms with Crippen LogP contribution in [0.3, 0.4) is 0 Å². The third-order valence-electron chi connectivity index (χ3n) is 3.55. The van der Waals surface area contributed by atoms with Crippen molar-refractivity contribution in [3.63, 3.8) is 0 Å². The highest BCUT2D eigenvalue weighted by molar-refractivity contribution is 5.70. The standard InChI is InChI=1S/C14H10F6N4O3/c1-2-23-11(22-10(14(18,19)20)9(21)12(23)25)7-4-3-6(13(15,16)17)5-8(7)24(26)27/h3-5H,2,21H2,1H3. The van der Waals surface area contributed by atoms with Crippen molar-refractivity contribution in [1.29, 1.82) is 0 Å². The largest absolute Gasteiger partial charge is 0.435 e. The maximum Gasteiger partial charge on any atom is 0.435 e.